The summed E-state index contributed by atoms with van der Waals surface area (Å²) in [5.41, 5.74) is -1.04. The van der Waals surface area contributed by atoms with Crippen molar-refractivity contribution in [1.82, 2.24) is 9.29 Å². The minimum absolute atomic E-state index is 0.0400. The van der Waals surface area contributed by atoms with Crippen molar-refractivity contribution in [2.45, 2.75) is 75.2 Å². The Kier molecular flexibility index (Phi) is 10.9. The van der Waals surface area contributed by atoms with Crippen LogP contribution in [-0.4, -0.2) is 66.1 Å². The fraction of sp³-hybridized carbons (Fsp3) is 0.483. The van der Waals surface area contributed by atoms with E-state index in [0.29, 0.717) is 28.0 Å². The van der Waals surface area contributed by atoms with Crippen LogP contribution in [0.15, 0.2) is 48.9 Å². The molecule has 1 amide bonds. The zero-order valence-corrected chi connectivity index (χ0v) is 27.3. The van der Waals surface area contributed by atoms with Gasteiger partial charge in [0.25, 0.3) is 5.91 Å². The number of methoxy groups -OCH3 is 1. The summed E-state index contributed by atoms with van der Waals surface area (Å²) in [6.07, 6.45) is 6.67. The molecular formula is C29H34N2O10S3. The molecule has 0 aliphatic carbocycles. The van der Waals surface area contributed by atoms with Crippen molar-refractivity contribution in [1.29, 1.82) is 0 Å². The van der Waals surface area contributed by atoms with Gasteiger partial charge in [-0.2, -0.15) is 4.31 Å². The van der Waals surface area contributed by atoms with Crippen LogP contribution in [0, 0.1) is 6.92 Å². The number of carbonyl (C=O) groups is 3. The number of ether oxygens (including phenoxy) is 2. The molecule has 0 saturated carbocycles. The summed E-state index contributed by atoms with van der Waals surface area (Å²) in [6, 6.07) is -0.713. The highest BCUT2D eigenvalue weighted by atomic mass is 32.2. The van der Waals surface area contributed by atoms with Gasteiger partial charge in [0.1, 0.15) is 29.7 Å². The molecule has 12 nitrogen and oxygen atoms in total. The third-order valence-electron chi connectivity index (χ3n) is 7.54. The van der Waals surface area contributed by atoms with E-state index in [0.717, 1.165) is 0 Å². The van der Waals surface area contributed by atoms with Crippen LogP contribution in [-0.2, 0) is 41.0 Å². The summed E-state index contributed by atoms with van der Waals surface area (Å²) in [4.78, 5) is 56.2. The first kappa shape index (κ1) is 34.1. The minimum atomic E-state index is -2.27. The van der Waals surface area contributed by atoms with Gasteiger partial charge in [-0.1, -0.05) is 29.5 Å². The molecule has 1 N–H and O–H groups in total. The van der Waals surface area contributed by atoms with E-state index in [-0.39, 0.29) is 49.1 Å². The molecule has 1 unspecified atom stereocenters. The largest absolute Gasteiger partial charge is 0.592 e. The van der Waals surface area contributed by atoms with Crippen LogP contribution in [0.3, 0.4) is 0 Å². The molecule has 2 aromatic heterocycles. The highest BCUT2D eigenvalue weighted by Crippen LogP contribution is 2.50. The molecule has 0 spiro atoms. The van der Waals surface area contributed by atoms with E-state index in [9.17, 15) is 28.8 Å². The number of allylic oxidation sites excluding steroid dienone is 3. The number of rotatable bonds is 7. The molecule has 44 heavy (non-hydrogen) atoms. The molecule has 2 aliphatic rings. The number of hydrogen-bond donors (Lipinski definition) is 1. The molecule has 4 bridgehead atoms. The standard InChI is InChI=1S/C29H34N2O10S3/c1-17-10-11-29(28(4,36)26(34)43-15-23-19(3)40-27(35)41-23)13-24(33)31(44(29)37)18(2)25-30-20(14-42-25)8-6-7-9-21(32)22(12-17)39-16-38-5/h6-9,12,14,18,22,36H,10-11,13,15-16H2,1-5H3/b8-6+,9-7+,17-12+/t18-,22-,28+,29-,44?/m1/s1. The molecule has 2 aliphatic heterocycles. The molecule has 2 aromatic rings. The highest BCUT2D eigenvalue weighted by Gasteiger charge is 2.69. The summed E-state index contributed by atoms with van der Waals surface area (Å²) in [5.74, 6) is -1.56. The second-order valence-electron chi connectivity index (χ2n) is 10.6. The van der Waals surface area contributed by atoms with Crippen LogP contribution in [0.2, 0.25) is 0 Å². The Labute approximate surface area is 265 Å². The van der Waals surface area contributed by atoms with E-state index in [2.05, 4.69) is 4.98 Å². The van der Waals surface area contributed by atoms with Gasteiger partial charge in [0.15, 0.2) is 21.9 Å². The Morgan fingerprint density at radius 1 is 1.30 bits per heavy atom. The number of carbonyl (C=O) groups excluding carboxylic acids is 3. The number of thioether (sulfide) groups is 1. The molecule has 4 rings (SSSR count). The Bertz CT molecular complexity index is 1540. The van der Waals surface area contributed by atoms with E-state index in [1.165, 1.54) is 42.7 Å². The number of aromatic nitrogens is 1. The first-order valence-electron chi connectivity index (χ1n) is 13.7. The average molecular weight is 667 g/mol. The maximum absolute atomic E-state index is 14.4. The number of aryl methyl sites for hydroxylation is 1. The van der Waals surface area contributed by atoms with Gasteiger partial charge in [-0.3, -0.25) is 14.4 Å². The van der Waals surface area contributed by atoms with Crippen molar-refractivity contribution < 1.29 is 42.4 Å². The molecule has 1 saturated heterocycles. The summed E-state index contributed by atoms with van der Waals surface area (Å²) in [7, 11) is 1.43. The van der Waals surface area contributed by atoms with Gasteiger partial charge in [-0.15, -0.1) is 11.3 Å². The first-order valence-corrected chi connectivity index (χ1v) is 16.6. The van der Waals surface area contributed by atoms with Gasteiger partial charge in [0.2, 0.25) is 5.12 Å². The Hall–Kier alpha value is -2.79. The van der Waals surface area contributed by atoms with Crippen molar-refractivity contribution in [2.24, 2.45) is 0 Å². The molecule has 1 fully saturated rings. The summed E-state index contributed by atoms with van der Waals surface area (Å²) >= 11 is -0.242. The lowest BCUT2D eigenvalue weighted by Crippen LogP contribution is -2.60. The van der Waals surface area contributed by atoms with E-state index >= 15 is 0 Å². The number of fused-ring (bicyclic) bond motifs is 4. The monoisotopic (exact) mass is 666 g/mol. The summed E-state index contributed by atoms with van der Waals surface area (Å²) in [6.45, 7) is 6.07. The van der Waals surface area contributed by atoms with Gasteiger partial charge in [-0.25, -0.2) is 9.78 Å². The topological polar surface area (TPSA) is 172 Å². The quantitative estimate of drug-likeness (QED) is 0.258. The van der Waals surface area contributed by atoms with Gasteiger partial charge in [0.05, 0.1) is 29.2 Å². The average Bonchev–Trinajstić information content (AvgIpc) is 3.65. The SMILES string of the molecule is COCO[C@@H]1/C=C(\C)CC[C@]2([C@@](C)(O)C(=O)SCc3oc(=O)oc3C)CC(=O)N([C@H](C)c3nc(cs3)/C=C/C=C/C1=O)[S+]2[O-]. The molecular weight excluding hydrogens is 633 g/mol. The van der Waals surface area contributed by atoms with Crippen LogP contribution in [0.5, 0.6) is 0 Å². The van der Waals surface area contributed by atoms with E-state index in [4.69, 9.17) is 18.3 Å². The predicted octanol–water partition coefficient (Wildman–Crippen LogP) is 3.77. The lowest BCUT2D eigenvalue weighted by Gasteiger charge is -2.40. The van der Waals surface area contributed by atoms with Crippen LogP contribution in [0.25, 0.3) is 6.08 Å². The Morgan fingerprint density at radius 2 is 2.02 bits per heavy atom. The zero-order valence-electron chi connectivity index (χ0n) is 24.9. The van der Waals surface area contributed by atoms with Crippen molar-refractivity contribution in [3.63, 3.8) is 0 Å². The number of thiazole rings is 1. The van der Waals surface area contributed by atoms with Crippen LogP contribution >= 0.6 is 23.1 Å². The molecule has 0 radical (unpaired) electrons. The van der Waals surface area contributed by atoms with Gasteiger partial charge in [-0.05, 0) is 52.3 Å². The fourth-order valence-electron chi connectivity index (χ4n) is 4.91. The molecule has 4 heterocycles. The second-order valence-corrected chi connectivity index (χ2v) is 14.1. The Balaban J connectivity index is 1.75. The predicted molar refractivity (Wildman–Crippen MR) is 165 cm³/mol. The van der Waals surface area contributed by atoms with Gasteiger partial charge < -0.3 is 28.0 Å². The minimum Gasteiger partial charge on any atom is -0.592 e. The van der Waals surface area contributed by atoms with E-state index in [1.54, 1.807) is 43.5 Å². The number of nitrogens with zero attached hydrogens (tertiary/aromatic N) is 2. The maximum atomic E-state index is 14.4. The summed E-state index contributed by atoms with van der Waals surface area (Å²) < 4.78 is 34.3. The van der Waals surface area contributed by atoms with Crippen molar-refractivity contribution in [2.75, 3.05) is 13.9 Å². The van der Waals surface area contributed by atoms with Crippen molar-refractivity contribution >= 4 is 57.3 Å². The van der Waals surface area contributed by atoms with Crippen molar-refractivity contribution in [3.05, 3.63) is 68.1 Å². The normalized spacial score (nSPS) is 28.7. The van der Waals surface area contributed by atoms with E-state index in [1.807, 2.05) is 0 Å². The third kappa shape index (κ3) is 7.03. The summed E-state index contributed by atoms with van der Waals surface area (Å²) in [5, 5.41) is 13.5. The van der Waals surface area contributed by atoms with E-state index < -0.39 is 50.7 Å². The maximum Gasteiger partial charge on any atom is 0.519 e. The number of hydrogen-bond acceptors (Lipinski definition) is 13. The van der Waals surface area contributed by atoms with Crippen LogP contribution in [0.4, 0.5) is 0 Å². The third-order valence-corrected chi connectivity index (χ3v) is 11.9. The van der Waals surface area contributed by atoms with Crippen LogP contribution in [0.1, 0.15) is 68.3 Å². The highest BCUT2D eigenvalue weighted by molar-refractivity contribution is 8.13. The molecule has 0 aromatic carbocycles. The zero-order chi connectivity index (χ0) is 32.2. The molecule has 15 heteroatoms. The fourth-order valence-corrected chi connectivity index (χ4v) is 8.85. The van der Waals surface area contributed by atoms with Gasteiger partial charge in [0, 0.05) is 18.9 Å². The molecule has 238 valence electrons. The van der Waals surface area contributed by atoms with Crippen molar-refractivity contribution in [3.8, 4) is 0 Å². The smallest absolute Gasteiger partial charge is 0.519 e. The molecule has 5 atom stereocenters. The lowest BCUT2D eigenvalue weighted by atomic mass is 9.81. The van der Waals surface area contributed by atoms with Crippen LogP contribution < -0.4 is 5.82 Å². The first-order chi connectivity index (χ1) is 20.8. The number of amides is 1. The van der Waals surface area contributed by atoms with Gasteiger partial charge >= 0.3 is 5.82 Å². The Morgan fingerprint density at radius 3 is 2.70 bits per heavy atom. The number of ketones is 1. The lowest BCUT2D eigenvalue weighted by molar-refractivity contribution is -0.132. The number of aliphatic hydroxyl groups is 1. The second kappa shape index (κ2) is 14.1.